The van der Waals surface area contributed by atoms with Crippen LogP contribution in [-0.4, -0.2) is 10.1 Å². The summed E-state index contributed by atoms with van der Waals surface area (Å²) in [5.41, 5.74) is 6.29. The predicted octanol–water partition coefficient (Wildman–Crippen LogP) is 5.58. The van der Waals surface area contributed by atoms with E-state index in [1.165, 1.54) is 11.1 Å². The predicted molar refractivity (Wildman–Crippen MR) is 99.0 cm³/mol. The molecule has 2 heteroatoms. The van der Waals surface area contributed by atoms with Gasteiger partial charge in [0.1, 0.15) is 5.75 Å². The lowest BCUT2D eigenvalue weighted by molar-refractivity contribution is 0.475. The summed E-state index contributed by atoms with van der Waals surface area (Å²) < 4.78 is 0. The number of aromatic hydroxyl groups is 1. The monoisotopic (exact) mass is 311 g/mol. The van der Waals surface area contributed by atoms with E-state index in [-0.39, 0.29) is 5.75 Å². The Hall–Kier alpha value is -3.13. The molecule has 1 aromatic heterocycles. The zero-order valence-corrected chi connectivity index (χ0v) is 13.4. The van der Waals surface area contributed by atoms with E-state index in [0.717, 1.165) is 27.7 Å². The third kappa shape index (κ3) is 2.63. The number of hydrogen-bond donors (Lipinski definition) is 1. The van der Waals surface area contributed by atoms with Crippen molar-refractivity contribution in [2.24, 2.45) is 0 Å². The first-order valence-electron chi connectivity index (χ1n) is 7.97. The molecule has 0 aliphatic carbocycles. The van der Waals surface area contributed by atoms with E-state index in [9.17, 15) is 5.11 Å². The van der Waals surface area contributed by atoms with Crippen molar-refractivity contribution in [1.29, 1.82) is 0 Å². The number of para-hydroxylation sites is 1. The molecule has 0 saturated heterocycles. The summed E-state index contributed by atoms with van der Waals surface area (Å²) in [7, 11) is 0. The molecule has 4 rings (SSSR count). The van der Waals surface area contributed by atoms with E-state index in [1.54, 1.807) is 12.1 Å². The summed E-state index contributed by atoms with van der Waals surface area (Å²) in [6.45, 7) is 2.09. The van der Waals surface area contributed by atoms with E-state index in [4.69, 9.17) is 4.98 Å². The van der Waals surface area contributed by atoms with Gasteiger partial charge in [-0.05, 0) is 42.3 Å². The minimum absolute atomic E-state index is 0.249. The molecule has 116 valence electrons. The lowest BCUT2D eigenvalue weighted by atomic mass is 9.97. The first kappa shape index (κ1) is 14.5. The van der Waals surface area contributed by atoms with Crippen LogP contribution in [0.3, 0.4) is 0 Å². The second-order valence-corrected chi connectivity index (χ2v) is 5.99. The molecule has 0 aliphatic rings. The first-order valence-corrected chi connectivity index (χ1v) is 7.97. The van der Waals surface area contributed by atoms with Crippen molar-refractivity contribution in [3.63, 3.8) is 0 Å². The Morgan fingerprint density at radius 2 is 1.54 bits per heavy atom. The maximum Gasteiger partial charge on any atom is 0.116 e. The Morgan fingerprint density at radius 1 is 0.750 bits per heavy atom. The van der Waals surface area contributed by atoms with Gasteiger partial charge in [-0.3, -0.25) is 0 Å². The molecule has 24 heavy (non-hydrogen) atoms. The van der Waals surface area contributed by atoms with Crippen molar-refractivity contribution in [2.75, 3.05) is 0 Å². The Morgan fingerprint density at radius 3 is 2.33 bits per heavy atom. The molecule has 0 aliphatic heterocycles. The Kier molecular flexibility index (Phi) is 3.51. The van der Waals surface area contributed by atoms with Crippen molar-refractivity contribution in [2.45, 2.75) is 6.92 Å². The highest BCUT2D eigenvalue weighted by atomic mass is 16.3. The van der Waals surface area contributed by atoms with Gasteiger partial charge in [-0.25, -0.2) is 4.98 Å². The number of pyridine rings is 1. The molecule has 1 N–H and O–H groups in total. The van der Waals surface area contributed by atoms with E-state index < -0.39 is 0 Å². The minimum Gasteiger partial charge on any atom is -0.508 e. The summed E-state index contributed by atoms with van der Waals surface area (Å²) in [4.78, 5) is 4.78. The molecule has 0 amide bonds. The number of aryl methyl sites for hydroxylation is 1. The number of nitrogens with zero attached hydrogens (tertiary/aromatic N) is 1. The third-order valence-corrected chi connectivity index (χ3v) is 4.22. The van der Waals surface area contributed by atoms with E-state index in [1.807, 2.05) is 30.3 Å². The summed E-state index contributed by atoms with van der Waals surface area (Å²) >= 11 is 0. The molecule has 4 aromatic rings. The van der Waals surface area contributed by atoms with Crippen LogP contribution in [0.4, 0.5) is 0 Å². The van der Waals surface area contributed by atoms with Gasteiger partial charge in [0.05, 0.1) is 11.2 Å². The summed E-state index contributed by atoms with van der Waals surface area (Å²) in [6, 6.07) is 26.0. The van der Waals surface area contributed by atoms with Crippen molar-refractivity contribution in [1.82, 2.24) is 4.98 Å². The van der Waals surface area contributed by atoms with Gasteiger partial charge in [0.15, 0.2) is 0 Å². The second kappa shape index (κ2) is 5.82. The SMILES string of the molecule is Cc1ccc(-c2cc(-c3cccc(O)c3)nc3ccccc23)cc1. The molecule has 2 nitrogen and oxygen atoms in total. The van der Waals surface area contributed by atoms with Gasteiger partial charge in [-0.15, -0.1) is 0 Å². The van der Waals surface area contributed by atoms with Crippen molar-refractivity contribution in [3.05, 3.63) is 84.4 Å². The smallest absolute Gasteiger partial charge is 0.116 e. The fourth-order valence-corrected chi connectivity index (χ4v) is 2.96. The molecule has 0 atom stereocenters. The lowest BCUT2D eigenvalue weighted by Crippen LogP contribution is -1.90. The van der Waals surface area contributed by atoms with Gasteiger partial charge in [-0.1, -0.05) is 60.2 Å². The van der Waals surface area contributed by atoms with Crippen LogP contribution in [-0.2, 0) is 0 Å². The molecule has 0 fully saturated rings. The fourth-order valence-electron chi connectivity index (χ4n) is 2.96. The average molecular weight is 311 g/mol. The number of rotatable bonds is 2. The zero-order chi connectivity index (χ0) is 16.5. The number of aromatic nitrogens is 1. The van der Waals surface area contributed by atoms with Gasteiger partial charge in [0, 0.05) is 10.9 Å². The topological polar surface area (TPSA) is 33.1 Å². The number of fused-ring (bicyclic) bond motifs is 1. The normalized spacial score (nSPS) is 10.9. The van der Waals surface area contributed by atoms with E-state index in [0.29, 0.717) is 0 Å². The molecular formula is C22H17NO. The van der Waals surface area contributed by atoms with Crippen molar-refractivity contribution >= 4 is 10.9 Å². The molecule has 0 spiro atoms. The molecule has 1 heterocycles. The number of benzene rings is 3. The standard InChI is InChI=1S/C22H17NO/c1-15-9-11-16(12-10-15)20-14-22(17-5-4-6-18(24)13-17)23-21-8-3-2-7-19(20)21/h2-14,24H,1H3. The molecular weight excluding hydrogens is 294 g/mol. The van der Waals surface area contributed by atoms with Crippen LogP contribution in [0.1, 0.15) is 5.56 Å². The Balaban J connectivity index is 1.99. The van der Waals surface area contributed by atoms with Crippen LogP contribution in [0.15, 0.2) is 78.9 Å². The summed E-state index contributed by atoms with van der Waals surface area (Å²) in [5, 5.41) is 10.9. The maximum atomic E-state index is 9.78. The summed E-state index contributed by atoms with van der Waals surface area (Å²) in [6.07, 6.45) is 0. The van der Waals surface area contributed by atoms with Crippen LogP contribution >= 0.6 is 0 Å². The van der Waals surface area contributed by atoms with Crippen LogP contribution in [0.25, 0.3) is 33.3 Å². The quantitative estimate of drug-likeness (QED) is 0.524. The lowest BCUT2D eigenvalue weighted by Gasteiger charge is -2.11. The Bertz CT molecular complexity index is 1020. The van der Waals surface area contributed by atoms with Crippen LogP contribution in [0, 0.1) is 6.92 Å². The van der Waals surface area contributed by atoms with Gasteiger partial charge in [-0.2, -0.15) is 0 Å². The number of hydrogen-bond acceptors (Lipinski definition) is 2. The highest BCUT2D eigenvalue weighted by Crippen LogP contribution is 2.32. The number of phenolic OH excluding ortho intramolecular Hbond substituents is 1. The molecule has 0 bridgehead atoms. The molecule has 0 radical (unpaired) electrons. The Labute approximate surface area is 141 Å². The van der Waals surface area contributed by atoms with Gasteiger partial charge in [0.25, 0.3) is 0 Å². The van der Waals surface area contributed by atoms with Crippen molar-refractivity contribution in [3.8, 4) is 28.1 Å². The largest absolute Gasteiger partial charge is 0.508 e. The highest BCUT2D eigenvalue weighted by Gasteiger charge is 2.09. The maximum absolute atomic E-state index is 9.78. The van der Waals surface area contributed by atoms with Gasteiger partial charge >= 0.3 is 0 Å². The molecule has 0 saturated carbocycles. The zero-order valence-electron chi connectivity index (χ0n) is 13.4. The van der Waals surface area contributed by atoms with Crippen LogP contribution in [0.2, 0.25) is 0 Å². The van der Waals surface area contributed by atoms with E-state index >= 15 is 0 Å². The summed E-state index contributed by atoms with van der Waals surface area (Å²) in [5.74, 6) is 0.249. The van der Waals surface area contributed by atoms with E-state index in [2.05, 4.69) is 43.3 Å². The minimum atomic E-state index is 0.249. The van der Waals surface area contributed by atoms with Crippen molar-refractivity contribution < 1.29 is 5.11 Å². The number of phenols is 1. The first-order chi connectivity index (χ1) is 11.7. The third-order valence-electron chi connectivity index (χ3n) is 4.22. The van der Waals surface area contributed by atoms with Crippen LogP contribution < -0.4 is 0 Å². The molecule has 3 aromatic carbocycles. The average Bonchev–Trinajstić information content (AvgIpc) is 2.61. The second-order valence-electron chi connectivity index (χ2n) is 5.99. The van der Waals surface area contributed by atoms with Crippen LogP contribution in [0.5, 0.6) is 5.75 Å². The molecule has 0 unspecified atom stereocenters. The van der Waals surface area contributed by atoms with Gasteiger partial charge < -0.3 is 5.11 Å². The fraction of sp³-hybridized carbons (Fsp3) is 0.0455. The highest BCUT2D eigenvalue weighted by molar-refractivity contribution is 5.96. The van der Waals surface area contributed by atoms with Gasteiger partial charge in [0.2, 0.25) is 0 Å².